The van der Waals surface area contributed by atoms with Gasteiger partial charge in [0.1, 0.15) is 17.5 Å². The SMILES string of the molecule is CNC(=O)C(C)CN(C)c1nc(C(C)C)nc(NC)c1C. The highest BCUT2D eigenvalue weighted by Crippen LogP contribution is 2.25. The highest BCUT2D eigenvalue weighted by Gasteiger charge is 2.19. The fourth-order valence-electron chi connectivity index (χ4n) is 2.22. The van der Waals surface area contributed by atoms with Crippen molar-refractivity contribution in [2.75, 3.05) is 37.9 Å². The molecule has 118 valence electrons. The minimum atomic E-state index is -0.102. The van der Waals surface area contributed by atoms with Gasteiger partial charge in [-0.1, -0.05) is 20.8 Å². The van der Waals surface area contributed by atoms with Gasteiger partial charge in [-0.2, -0.15) is 0 Å². The molecular formula is C15H27N5O. The molecule has 1 rings (SSSR count). The van der Waals surface area contributed by atoms with E-state index in [4.69, 9.17) is 0 Å². The third kappa shape index (κ3) is 4.06. The second-order valence-corrected chi connectivity index (χ2v) is 5.68. The van der Waals surface area contributed by atoms with E-state index in [0.717, 1.165) is 23.0 Å². The summed E-state index contributed by atoms with van der Waals surface area (Å²) in [7, 11) is 5.47. The Morgan fingerprint density at radius 1 is 1.24 bits per heavy atom. The molecule has 6 heteroatoms. The molecule has 1 unspecified atom stereocenters. The summed E-state index contributed by atoms with van der Waals surface area (Å²) in [4.78, 5) is 22.9. The molecule has 0 aliphatic carbocycles. The van der Waals surface area contributed by atoms with E-state index in [2.05, 4.69) is 34.4 Å². The van der Waals surface area contributed by atoms with Crippen LogP contribution in [0.5, 0.6) is 0 Å². The highest BCUT2D eigenvalue weighted by molar-refractivity contribution is 5.78. The van der Waals surface area contributed by atoms with Gasteiger partial charge < -0.3 is 15.5 Å². The Balaban J connectivity index is 3.10. The maximum Gasteiger partial charge on any atom is 0.224 e. The van der Waals surface area contributed by atoms with Crippen LogP contribution in [0, 0.1) is 12.8 Å². The molecule has 1 amide bonds. The largest absolute Gasteiger partial charge is 0.373 e. The Hall–Kier alpha value is -1.85. The van der Waals surface area contributed by atoms with E-state index in [-0.39, 0.29) is 17.7 Å². The number of nitrogens with one attached hydrogen (secondary N) is 2. The fraction of sp³-hybridized carbons (Fsp3) is 0.667. The minimum Gasteiger partial charge on any atom is -0.373 e. The molecule has 2 N–H and O–H groups in total. The smallest absolute Gasteiger partial charge is 0.224 e. The molecule has 6 nitrogen and oxygen atoms in total. The number of amides is 1. The summed E-state index contributed by atoms with van der Waals surface area (Å²) < 4.78 is 0. The molecule has 1 atom stereocenters. The molecule has 0 radical (unpaired) electrons. The van der Waals surface area contributed by atoms with Crippen molar-refractivity contribution in [3.05, 3.63) is 11.4 Å². The normalized spacial score (nSPS) is 12.2. The number of anilines is 2. The summed E-state index contributed by atoms with van der Waals surface area (Å²) in [5.74, 6) is 2.69. The lowest BCUT2D eigenvalue weighted by molar-refractivity contribution is -0.123. The first-order valence-corrected chi connectivity index (χ1v) is 7.30. The molecule has 0 fully saturated rings. The summed E-state index contributed by atoms with van der Waals surface area (Å²) in [5.41, 5.74) is 0.994. The van der Waals surface area contributed by atoms with Crippen molar-refractivity contribution in [1.82, 2.24) is 15.3 Å². The van der Waals surface area contributed by atoms with Crippen LogP contribution >= 0.6 is 0 Å². The van der Waals surface area contributed by atoms with Crippen LogP contribution in [0.15, 0.2) is 0 Å². The molecule has 0 aliphatic heterocycles. The van der Waals surface area contributed by atoms with E-state index in [1.54, 1.807) is 7.05 Å². The maximum absolute atomic E-state index is 11.7. The van der Waals surface area contributed by atoms with E-state index in [9.17, 15) is 4.79 Å². The number of nitrogens with zero attached hydrogens (tertiary/aromatic N) is 3. The van der Waals surface area contributed by atoms with Crippen LogP contribution in [0.1, 0.15) is 38.1 Å². The molecule has 0 spiro atoms. The van der Waals surface area contributed by atoms with Gasteiger partial charge in [-0.15, -0.1) is 0 Å². The van der Waals surface area contributed by atoms with Gasteiger partial charge in [-0.05, 0) is 6.92 Å². The van der Waals surface area contributed by atoms with Gasteiger partial charge >= 0.3 is 0 Å². The lowest BCUT2D eigenvalue weighted by Gasteiger charge is -2.25. The average Bonchev–Trinajstić information content (AvgIpc) is 2.45. The molecule has 0 saturated carbocycles. The Kier molecular flexibility index (Phi) is 5.93. The summed E-state index contributed by atoms with van der Waals surface area (Å²) >= 11 is 0. The lowest BCUT2D eigenvalue weighted by atomic mass is 10.1. The third-order valence-electron chi connectivity index (χ3n) is 3.49. The Labute approximate surface area is 127 Å². The Morgan fingerprint density at radius 3 is 2.33 bits per heavy atom. The van der Waals surface area contributed by atoms with Gasteiger partial charge in [0.25, 0.3) is 0 Å². The molecule has 0 saturated heterocycles. The first kappa shape index (κ1) is 17.2. The number of carbonyl (C=O) groups excluding carboxylic acids is 1. The summed E-state index contributed by atoms with van der Waals surface area (Å²) in [6.45, 7) is 8.65. The van der Waals surface area contributed by atoms with Gasteiger partial charge in [0.2, 0.25) is 5.91 Å². The van der Waals surface area contributed by atoms with Gasteiger partial charge in [-0.25, -0.2) is 9.97 Å². The monoisotopic (exact) mass is 293 g/mol. The van der Waals surface area contributed by atoms with Crippen LogP contribution < -0.4 is 15.5 Å². The second kappa shape index (κ2) is 7.24. The Bertz CT molecular complexity index is 501. The first-order valence-electron chi connectivity index (χ1n) is 7.30. The van der Waals surface area contributed by atoms with Crippen LogP contribution in [0.2, 0.25) is 0 Å². The minimum absolute atomic E-state index is 0.0338. The van der Waals surface area contributed by atoms with E-state index >= 15 is 0 Å². The van der Waals surface area contributed by atoms with Gasteiger partial charge in [0.05, 0.1) is 5.92 Å². The molecule has 0 aromatic carbocycles. The third-order valence-corrected chi connectivity index (χ3v) is 3.49. The second-order valence-electron chi connectivity index (χ2n) is 5.68. The number of hydrogen-bond acceptors (Lipinski definition) is 5. The predicted octanol–water partition coefficient (Wildman–Crippen LogP) is 1.77. The predicted molar refractivity (Wildman–Crippen MR) is 86.9 cm³/mol. The van der Waals surface area contributed by atoms with Crippen molar-refractivity contribution in [2.45, 2.75) is 33.6 Å². The van der Waals surface area contributed by atoms with E-state index in [1.807, 2.05) is 32.8 Å². The topological polar surface area (TPSA) is 70.2 Å². The van der Waals surface area contributed by atoms with Crippen LogP contribution in [0.4, 0.5) is 11.6 Å². The van der Waals surface area contributed by atoms with Crippen LogP contribution in [-0.2, 0) is 4.79 Å². The summed E-state index contributed by atoms with van der Waals surface area (Å²) in [6.07, 6.45) is 0. The number of hydrogen-bond donors (Lipinski definition) is 2. The molecule has 21 heavy (non-hydrogen) atoms. The molecule has 1 aromatic rings. The number of rotatable bonds is 6. The van der Waals surface area contributed by atoms with Crippen molar-refractivity contribution in [1.29, 1.82) is 0 Å². The zero-order valence-corrected chi connectivity index (χ0v) is 14.1. The standard InChI is InChI=1S/C15H27N5O/c1-9(2)12-18-13(16-5)11(4)14(19-12)20(7)8-10(3)15(21)17-6/h9-10H,8H2,1-7H3,(H,17,21)(H,16,18,19). The number of aromatic nitrogens is 2. The zero-order chi connectivity index (χ0) is 16.2. The van der Waals surface area contributed by atoms with Gasteiger partial charge in [0.15, 0.2) is 0 Å². The van der Waals surface area contributed by atoms with Crippen LogP contribution in [0.25, 0.3) is 0 Å². The van der Waals surface area contributed by atoms with Crippen molar-refractivity contribution < 1.29 is 4.79 Å². The molecule has 1 heterocycles. The van der Waals surface area contributed by atoms with Crippen molar-refractivity contribution in [2.24, 2.45) is 5.92 Å². The lowest BCUT2D eigenvalue weighted by Crippen LogP contribution is -2.35. The van der Waals surface area contributed by atoms with Crippen LogP contribution in [0.3, 0.4) is 0 Å². The van der Waals surface area contributed by atoms with Crippen molar-refractivity contribution in [3.63, 3.8) is 0 Å². The summed E-state index contributed by atoms with van der Waals surface area (Å²) in [5, 5.41) is 5.79. The highest BCUT2D eigenvalue weighted by atomic mass is 16.1. The van der Waals surface area contributed by atoms with E-state index in [1.165, 1.54) is 0 Å². The van der Waals surface area contributed by atoms with E-state index in [0.29, 0.717) is 6.54 Å². The maximum atomic E-state index is 11.7. The molecule has 0 aliphatic rings. The summed E-state index contributed by atoms with van der Waals surface area (Å²) in [6, 6.07) is 0. The van der Waals surface area contributed by atoms with Gasteiger partial charge in [-0.3, -0.25) is 4.79 Å². The Morgan fingerprint density at radius 2 is 1.86 bits per heavy atom. The average molecular weight is 293 g/mol. The van der Waals surface area contributed by atoms with Crippen LogP contribution in [-0.4, -0.2) is 43.6 Å². The zero-order valence-electron chi connectivity index (χ0n) is 14.1. The van der Waals surface area contributed by atoms with E-state index < -0.39 is 0 Å². The van der Waals surface area contributed by atoms with Crippen molar-refractivity contribution >= 4 is 17.5 Å². The van der Waals surface area contributed by atoms with Gasteiger partial charge in [0, 0.05) is 39.2 Å². The first-order chi connectivity index (χ1) is 9.81. The molecule has 0 bridgehead atoms. The van der Waals surface area contributed by atoms with Crippen molar-refractivity contribution in [3.8, 4) is 0 Å². The fourth-order valence-corrected chi connectivity index (χ4v) is 2.22. The quantitative estimate of drug-likeness (QED) is 0.836. The molecule has 1 aromatic heterocycles. The number of carbonyl (C=O) groups is 1. The molecular weight excluding hydrogens is 266 g/mol.